The van der Waals surface area contributed by atoms with Crippen molar-refractivity contribution in [3.63, 3.8) is 0 Å². The normalized spacial score (nSPS) is 22.9. The van der Waals surface area contributed by atoms with Crippen molar-refractivity contribution in [3.8, 4) is 11.5 Å². The van der Waals surface area contributed by atoms with E-state index in [2.05, 4.69) is 17.1 Å². The van der Waals surface area contributed by atoms with Crippen molar-refractivity contribution in [3.05, 3.63) is 23.5 Å². The monoisotopic (exact) mass is 380 g/mol. The second kappa shape index (κ2) is 9.37. The Labute approximate surface area is 159 Å². The van der Waals surface area contributed by atoms with Crippen LogP contribution < -0.4 is 14.8 Å². The molecule has 1 aromatic rings. The first kappa shape index (κ1) is 19.9. The van der Waals surface area contributed by atoms with Crippen LogP contribution in [0.4, 0.5) is 4.39 Å². The number of hydrogen-bond donors (Lipinski definition) is 2. The van der Waals surface area contributed by atoms with Gasteiger partial charge in [-0.2, -0.15) is 0 Å². The maximum absolute atomic E-state index is 14.0. The lowest BCUT2D eigenvalue weighted by molar-refractivity contribution is 0.0217. The van der Waals surface area contributed by atoms with Gasteiger partial charge >= 0.3 is 0 Å². The number of halogens is 1. The number of piperidine rings is 1. The number of carbonyl (C=O) groups is 1. The van der Waals surface area contributed by atoms with Crippen molar-refractivity contribution in [2.24, 2.45) is 5.92 Å². The van der Waals surface area contributed by atoms with E-state index in [1.807, 2.05) is 0 Å². The number of unbranched alkanes of at least 4 members (excludes halogenated alkanes) is 1. The fourth-order valence-electron chi connectivity index (χ4n) is 3.59. The zero-order valence-electron chi connectivity index (χ0n) is 15.9. The summed E-state index contributed by atoms with van der Waals surface area (Å²) in [5.74, 6) is -0.678. The summed E-state index contributed by atoms with van der Waals surface area (Å²) in [6.07, 6.45) is 3.29. The molecular formula is C20H29FN2O4. The van der Waals surface area contributed by atoms with E-state index < -0.39 is 11.9 Å². The van der Waals surface area contributed by atoms with Crippen LogP contribution in [0.3, 0.4) is 0 Å². The summed E-state index contributed by atoms with van der Waals surface area (Å²) in [6.45, 7) is 5.86. The standard InChI is InChI=1S/C20H29FN2O4/c1-2-3-8-23-9-7-14(17(24)13-23)12-22-20(25)15-5-6-16(21)19-18(15)26-10-4-11-27-19/h5-6,14,17,24H,2-4,7-13H2,1H3,(H,22,25). The van der Waals surface area contributed by atoms with Crippen molar-refractivity contribution in [1.29, 1.82) is 0 Å². The van der Waals surface area contributed by atoms with Crippen molar-refractivity contribution >= 4 is 5.91 Å². The number of amides is 1. The highest BCUT2D eigenvalue weighted by atomic mass is 19.1. The van der Waals surface area contributed by atoms with Gasteiger partial charge in [0, 0.05) is 25.4 Å². The lowest BCUT2D eigenvalue weighted by Crippen LogP contribution is -2.47. The maximum atomic E-state index is 14.0. The molecule has 6 nitrogen and oxygen atoms in total. The minimum atomic E-state index is -0.529. The molecule has 2 aliphatic heterocycles. The molecule has 2 aliphatic rings. The van der Waals surface area contributed by atoms with Gasteiger partial charge in [0.1, 0.15) is 0 Å². The Morgan fingerprint density at radius 2 is 2.11 bits per heavy atom. The van der Waals surface area contributed by atoms with E-state index in [1.165, 1.54) is 12.1 Å². The molecule has 1 fully saturated rings. The number of nitrogens with one attached hydrogen (secondary N) is 1. The topological polar surface area (TPSA) is 71.0 Å². The summed E-state index contributed by atoms with van der Waals surface area (Å²) in [5, 5.41) is 13.3. The summed E-state index contributed by atoms with van der Waals surface area (Å²) < 4.78 is 24.9. The molecule has 0 aromatic heterocycles. The predicted molar refractivity (Wildman–Crippen MR) is 99.8 cm³/mol. The van der Waals surface area contributed by atoms with E-state index in [1.54, 1.807) is 0 Å². The Kier molecular flexibility index (Phi) is 6.90. The minimum Gasteiger partial charge on any atom is -0.489 e. The van der Waals surface area contributed by atoms with Crippen LogP contribution in [0.25, 0.3) is 0 Å². The lowest BCUT2D eigenvalue weighted by atomic mass is 9.93. The quantitative estimate of drug-likeness (QED) is 0.792. The molecule has 3 rings (SSSR count). The first-order valence-corrected chi connectivity index (χ1v) is 9.87. The number of likely N-dealkylation sites (tertiary alicyclic amines) is 1. The third-order valence-electron chi connectivity index (χ3n) is 5.25. The maximum Gasteiger partial charge on any atom is 0.255 e. The smallest absolute Gasteiger partial charge is 0.255 e. The van der Waals surface area contributed by atoms with E-state index in [9.17, 15) is 14.3 Å². The number of aliphatic hydroxyl groups excluding tert-OH is 1. The molecule has 0 spiro atoms. The molecule has 1 amide bonds. The van der Waals surface area contributed by atoms with Crippen molar-refractivity contribution in [2.75, 3.05) is 39.4 Å². The second-order valence-electron chi connectivity index (χ2n) is 7.28. The van der Waals surface area contributed by atoms with E-state index >= 15 is 0 Å². The molecule has 1 saturated heterocycles. The zero-order chi connectivity index (χ0) is 19.2. The van der Waals surface area contributed by atoms with E-state index in [0.29, 0.717) is 32.7 Å². The summed E-state index contributed by atoms with van der Waals surface area (Å²) >= 11 is 0. The van der Waals surface area contributed by atoms with Crippen LogP contribution in [-0.4, -0.2) is 61.4 Å². The molecule has 2 atom stereocenters. The summed E-state index contributed by atoms with van der Waals surface area (Å²) in [5.41, 5.74) is 0.267. The van der Waals surface area contributed by atoms with Gasteiger partial charge in [0.2, 0.25) is 0 Å². The number of β-amino-alcohol motifs (C(OH)–C–C–N with tert-alkyl or cyclic N) is 1. The van der Waals surface area contributed by atoms with Gasteiger partial charge in [0.15, 0.2) is 17.3 Å². The molecule has 0 aliphatic carbocycles. The average molecular weight is 380 g/mol. The van der Waals surface area contributed by atoms with Gasteiger partial charge in [-0.1, -0.05) is 13.3 Å². The van der Waals surface area contributed by atoms with Gasteiger partial charge in [-0.3, -0.25) is 4.79 Å². The Morgan fingerprint density at radius 1 is 1.33 bits per heavy atom. The van der Waals surface area contributed by atoms with Crippen LogP contribution in [-0.2, 0) is 0 Å². The third-order valence-corrected chi connectivity index (χ3v) is 5.25. The van der Waals surface area contributed by atoms with Gasteiger partial charge in [0.25, 0.3) is 5.91 Å². The Bertz CT molecular complexity index is 655. The van der Waals surface area contributed by atoms with Crippen LogP contribution in [0.15, 0.2) is 12.1 Å². The summed E-state index contributed by atoms with van der Waals surface area (Å²) in [7, 11) is 0. The number of ether oxygens (including phenoxy) is 2. The Morgan fingerprint density at radius 3 is 2.85 bits per heavy atom. The largest absolute Gasteiger partial charge is 0.489 e. The Balaban J connectivity index is 1.59. The van der Waals surface area contributed by atoms with Crippen molar-refractivity contribution in [2.45, 2.75) is 38.7 Å². The molecule has 27 heavy (non-hydrogen) atoms. The highest BCUT2D eigenvalue weighted by molar-refractivity contribution is 5.97. The highest BCUT2D eigenvalue weighted by Crippen LogP contribution is 2.36. The molecule has 150 valence electrons. The van der Waals surface area contributed by atoms with Gasteiger partial charge < -0.3 is 24.8 Å². The van der Waals surface area contributed by atoms with E-state index in [0.717, 1.165) is 32.4 Å². The number of hydrogen-bond acceptors (Lipinski definition) is 5. The summed E-state index contributed by atoms with van der Waals surface area (Å²) in [6, 6.07) is 2.64. The highest BCUT2D eigenvalue weighted by Gasteiger charge is 2.29. The number of nitrogens with zero attached hydrogens (tertiary/aromatic N) is 1. The van der Waals surface area contributed by atoms with Gasteiger partial charge in [-0.25, -0.2) is 4.39 Å². The van der Waals surface area contributed by atoms with Crippen LogP contribution in [0.5, 0.6) is 11.5 Å². The molecule has 2 N–H and O–H groups in total. The predicted octanol–water partition coefficient (Wildman–Crippen LogP) is 2.20. The average Bonchev–Trinajstić information content (AvgIpc) is 2.92. The third kappa shape index (κ3) is 4.90. The SMILES string of the molecule is CCCCN1CCC(CNC(=O)c2ccc(F)c3c2OCCCO3)C(O)C1. The number of aliphatic hydroxyl groups is 1. The molecule has 0 bridgehead atoms. The molecular weight excluding hydrogens is 351 g/mol. The number of benzene rings is 1. The van der Waals surface area contributed by atoms with Crippen molar-refractivity contribution < 1.29 is 23.8 Å². The van der Waals surface area contributed by atoms with Crippen molar-refractivity contribution in [1.82, 2.24) is 10.2 Å². The molecule has 0 saturated carbocycles. The molecule has 2 unspecified atom stereocenters. The first-order chi connectivity index (χ1) is 13.1. The Hall–Kier alpha value is -1.86. The fourth-order valence-corrected chi connectivity index (χ4v) is 3.59. The van der Waals surface area contributed by atoms with Crippen LogP contribution >= 0.6 is 0 Å². The molecule has 1 aromatic carbocycles. The van der Waals surface area contributed by atoms with Crippen LogP contribution in [0.2, 0.25) is 0 Å². The first-order valence-electron chi connectivity index (χ1n) is 9.87. The van der Waals surface area contributed by atoms with Gasteiger partial charge in [0.05, 0.1) is 24.9 Å². The summed E-state index contributed by atoms with van der Waals surface area (Å²) in [4.78, 5) is 14.9. The molecule has 0 radical (unpaired) electrons. The lowest BCUT2D eigenvalue weighted by Gasteiger charge is -2.36. The number of fused-ring (bicyclic) bond motifs is 1. The van der Waals surface area contributed by atoms with E-state index in [-0.39, 0.29) is 28.9 Å². The fraction of sp³-hybridized carbons (Fsp3) is 0.650. The number of carbonyl (C=O) groups excluding carboxylic acids is 1. The molecule has 7 heteroatoms. The molecule has 2 heterocycles. The van der Waals surface area contributed by atoms with Gasteiger partial charge in [-0.15, -0.1) is 0 Å². The van der Waals surface area contributed by atoms with Gasteiger partial charge in [-0.05, 0) is 38.1 Å². The van der Waals surface area contributed by atoms with Crippen LogP contribution in [0, 0.1) is 11.7 Å². The number of rotatable bonds is 6. The zero-order valence-corrected chi connectivity index (χ0v) is 15.9. The minimum absolute atomic E-state index is 0.00409. The van der Waals surface area contributed by atoms with Crippen LogP contribution in [0.1, 0.15) is 43.0 Å². The van der Waals surface area contributed by atoms with E-state index in [4.69, 9.17) is 9.47 Å². The second-order valence-corrected chi connectivity index (χ2v) is 7.28.